The smallest absolute Gasteiger partial charge is 0.274 e. The lowest BCUT2D eigenvalue weighted by atomic mass is 10.0. The summed E-state index contributed by atoms with van der Waals surface area (Å²) >= 11 is 0. The second kappa shape index (κ2) is 7.89. The Morgan fingerprint density at radius 2 is 1.66 bits per heavy atom. The van der Waals surface area contributed by atoms with Crippen LogP contribution in [0.25, 0.3) is 5.69 Å². The van der Waals surface area contributed by atoms with Gasteiger partial charge in [-0.05, 0) is 55.7 Å². The number of fused-ring (bicyclic) bond motifs is 2. The Kier molecular flexibility index (Phi) is 4.87. The number of carbonyl (C=O) groups is 1. The maximum Gasteiger partial charge on any atom is 0.274 e. The molecule has 3 aromatic rings. The Morgan fingerprint density at radius 3 is 2.38 bits per heavy atom. The summed E-state index contributed by atoms with van der Waals surface area (Å²) in [6.07, 6.45) is 3.08. The third kappa shape index (κ3) is 3.45. The summed E-state index contributed by atoms with van der Waals surface area (Å²) in [5.41, 5.74) is 6.77. The molecule has 5 heteroatoms. The highest BCUT2D eigenvalue weighted by Gasteiger charge is 2.42. The van der Waals surface area contributed by atoms with Crippen LogP contribution in [0.3, 0.4) is 0 Å². The fraction of sp³-hybridized carbons (Fsp3) is 0.407. The Balaban J connectivity index is 1.17. The van der Waals surface area contributed by atoms with Crippen LogP contribution in [0.5, 0.6) is 0 Å². The normalized spacial score (nSPS) is 22.3. The first-order chi connectivity index (χ1) is 15.7. The summed E-state index contributed by atoms with van der Waals surface area (Å²) in [6.45, 7) is 6.99. The number of aryl methyl sites for hydroxylation is 1. The van der Waals surface area contributed by atoms with Gasteiger partial charge in [0.15, 0.2) is 5.69 Å². The Morgan fingerprint density at radius 1 is 0.938 bits per heavy atom. The average molecular weight is 427 g/mol. The third-order valence-electron chi connectivity index (χ3n) is 7.51. The largest absolute Gasteiger partial charge is 0.337 e. The molecule has 2 aromatic carbocycles. The van der Waals surface area contributed by atoms with Crippen molar-refractivity contribution in [2.45, 2.75) is 32.7 Å². The van der Waals surface area contributed by atoms with Crippen molar-refractivity contribution in [3.8, 4) is 5.69 Å². The van der Waals surface area contributed by atoms with Gasteiger partial charge in [0.1, 0.15) is 0 Å². The molecule has 0 spiro atoms. The first-order valence-electron chi connectivity index (χ1n) is 11.9. The molecular weight excluding hydrogens is 396 g/mol. The second-order valence-electron chi connectivity index (χ2n) is 9.78. The molecule has 5 nitrogen and oxygen atoms in total. The lowest BCUT2D eigenvalue weighted by Crippen LogP contribution is -2.33. The monoisotopic (exact) mass is 426 g/mol. The quantitative estimate of drug-likeness (QED) is 0.636. The van der Waals surface area contributed by atoms with Gasteiger partial charge < -0.3 is 4.90 Å². The Bertz CT molecular complexity index is 1120. The van der Waals surface area contributed by atoms with Crippen LogP contribution in [-0.2, 0) is 19.4 Å². The molecule has 6 rings (SSSR count). The highest BCUT2D eigenvalue weighted by Crippen LogP contribution is 2.34. The number of likely N-dealkylation sites (tertiary alicyclic amines) is 2. The number of benzene rings is 2. The first kappa shape index (κ1) is 19.7. The van der Waals surface area contributed by atoms with Gasteiger partial charge in [0, 0.05) is 44.0 Å². The van der Waals surface area contributed by atoms with Gasteiger partial charge in [-0.2, -0.15) is 5.10 Å². The molecule has 2 aliphatic heterocycles. The minimum absolute atomic E-state index is 0.137. The molecule has 1 aromatic heterocycles. The molecule has 3 heterocycles. The van der Waals surface area contributed by atoms with E-state index in [2.05, 4.69) is 71.3 Å². The predicted octanol–water partition coefficient (Wildman–Crippen LogP) is 3.87. The fourth-order valence-corrected chi connectivity index (χ4v) is 5.89. The minimum Gasteiger partial charge on any atom is -0.337 e. The van der Waals surface area contributed by atoms with Crippen LogP contribution in [0.2, 0.25) is 0 Å². The van der Waals surface area contributed by atoms with Crippen molar-refractivity contribution in [3.63, 3.8) is 0 Å². The summed E-state index contributed by atoms with van der Waals surface area (Å²) in [7, 11) is 0. The SMILES string of the molecule is Cc1ccc(-n2nc(C(=O)N3C[C@@H]4CN(Cc5ccccc5)C[C@H]4C3)c3c2CCC3)cc1. The zero-order valence-electron chi connectivity index (χ0n) is 18.7. The maximum absolute atomic E-state index is 13.5. The minimum atomic E-state index is 0.137. The van der Waals surface area contributed by atoms with Gasteiger partial charge in [0.2, 0.25) is 0 Å². The van der Waals surface area contributed by atoms with E-state index < -0.39 is 0 Å². The summed E-state index contributed by atoms with van der Waals surface area (Å²) in [5.74, 6) is 1.29. The van der Waals surface area contributed by atoms with E-state index in [-0.39, 0.29) is 5.91 Å². The second-order valence-corrected chi connectivity index (χ2v) is 9.78. The zero-order valence-corrected chi connectivity index (χ0v) is 18.7. The molecule has 0 radical (unpaired) electrons. The van der Waals surface area contributed by atoms with Gasteiger partial charge in [-0.25, -0.2) is 4.68 Å². The number of rotatable bonds is 4. The molecule has 164 valence electrons. The van der Waals surface area contributed by atoms with Crippen LogP contribution in [0, 0.1) is 18.8 Å². The van der Waals surface area contributed by atoms with Crippen molar-refractivity contribution in [1.29, 1.82) is 0 Å². The molecule has 2 saturated heterocycles. The van der Waals surface area contributed by atoms with Crippen molar-refractivity contribution in [2.24, 2.45) is 11.8 Å². The van der Waals surface area contributed by atoms with Crippen molar-refractivity contribution >= 4 is 5.91 Å². The van der Waals surface area contributed by atoms with E-state index in [9.17, 15) is 4.79 Å². The van der Waals surface area contributed by atoms with Crippen LogP contribution in [0.15, 0.2) is 54.6 Å². The zero-order chi connectivity index (χ0) is 21.7. The Hall–Kier alpha value is -2.92. The van der Waals surface area contributed by atoms with Crippen LogP contribution >= 0.6 is 0 Å². The standard InChI is InChI=1S/C27H30N4O/c1-19-10-12-23(13-11-19)31-25-9-5-8-24(25)26(28-31)27(32)30-17-21-15-29(16-22(21)18-30)14-20-6-3-2-4-7-20/h2-4,6-7,10-13,21-22H,5,8-9,14-18H2,1H3/t21-,22-/m0/s1. The molecule has 1 amide bonds. The molecule has 3 aliphatic rings. The van der Waals surface area contributed by atoms with Crippen LogP contribution in [0.1, 0.15) is 39.3 Å². The van der Waals surface area contributed by atoms with Gasteiger partial charge >= 0.3 is 0 Å². The van der Waals surface area contributed by atoms with Crippen molar-refractivity contribution in [2.75, 3.05) is 26.2 Å². The highest BCUT2D eigenvalue weighted by atomic mass is 16.2. The molecule has 0 bridgehead atoms. The van der Waals surface area contributed by atoms with Crippen LogP contribution < -0.4 is 0 Å². The summed E-state index contributed by atoms with van der Waals surface area (Å²) < 4.78 is 2.02. The summed E-state index contributed by atoms with van der Waals surface area (Å²) in [6, 6.07) is 19.1. The van der Waals surface area contributed by atoms with Gasteiger partial charge in [-0.1, -0.05) is 48.0 Å². The number of amides is 1. The topological polar surface area (TPSA) is 41.4 Å². The lowest BCUT2D eigenvalue weighted by molar-refractivity contribution is 0.0766. The van der Waals surface area contributed by atoms with Crippen molar-refractivity contribution < 1.29 is 4.79 Å². The van der Waals surface area contributed by atoms with Gasteiger partial charge in [-0.3, -0.25) is 9.69 Å². The maximum atomic E-state index is 13.5. The van der Waals surface area contributed by atoms with Gasteiger partial charge in [0.05, 0.1) is 5.69 Å². The van der Waals surface area contributed by atoms with Crippen LogP contribution in [-0.4, -0.2) is 51.7 Å². The lowest BCUT2D eigenvalue weighted by Gasteiger charge is -2.21. The number of hydrogen-bond donors (Lipinski definition) is 0. The van der Waals surface area contributed by atoms with E-state index >= 15 is 0 Å². The van der Waals surface area contributed by atoms with E-state index in [0.717, 1.165) is 57.7 Å². The number of hydrogen-bond acceptors (Lipinski definition) is 3. The molecule has 32 heavy (non-hydrogen) atoms. The Labute approximate surface area is 189 Å². The number of aromatic nitrogens is 2. The van der Waals surface area contributed by atoms with Crippen molar-refractivity contribution in [3.05, 3.63) is 82.7 Å². The van der Waals surface area contributed by atoms with E-state index in [1.807, 2.05) is 4.68 Å². The average Bonchev–Trinajstić information content (AvgIpc) is 3.55. The molecule has 2 atom stereocenters. The van der Waals surface area contributed by atoms with E-state index in [1.54, 1.807) is 0 Å². The highest BCUT2D eigenvalue weighted by molar-refractivity contribution is 5.94. The van der Waals surface area contributed by atoms with E-state index in [4.69, 9.17) is 5.10 Å². The van der Waals surface area contributed by atoms with Gasteiger partial charge in [0.25, 0.3) is 5.91 Å². The van der Waals surface area contributed by atoms with Crippen LogP contribution in [0.4, 0.5) is 0 Å². The number of carbonyl (C=O) groups excluding carboxylic acids is 1. The van der Waals surface area contributed by atoms with Gasteiger partial charge in [-0.15, -0.1) is 0 Å². The number of nitrogens with zero attached hydrogens (tertiary/aromatic N) is 4. The van der Waals surface area contributed by atoms with Crippen molar-refractivity contribution in [1.82, 2.24) is 19.6 Å². The molecule has 2 fully saturated rings. The molecule has 0 N–H and O–H groups in total. The molecule has 1 aliphatic carbocycles. The van der Waals surface area contributed by atoms with E-state index in [1.165, 1.54) is 22.4 Å². The fourth-order valence-electron chi connectivity index (χ4n) is 5.89. The molecular formula is C27H30N4O. The van der Waals surface area contributed by atoms with E-state index in [0.29, 0.717) is 17.5 Å². The molecule has 0 unspecified atom stereocenters. The summed E-state index contributed by atoms with van der Waals surface area (Å²) in [5, 5.41) is 4.86. The summed E-state index contributed by atoms with van der Waals surface area (Å²) in [4.78, 5) is 18.2. The first-order valence-corrected chi connectivity index (χ1v) is 11.9. The predicted molar refractivity (Wildman–Crippen MR) is 125 cm³/mol. The molecule has 0 saturated carbocycles. The third-order valence-corrected chi connectivity index (χ3v) is 7.51.